The van der Waals surface area contributed by atoms with Gasteiger partial charge in [-0.05, 0) is 23.4 Å². The summed E-state index contributed by atoms with van der Waals surface area (Å²) in [6.07, 6.45) is 0. The van der Waals surface area contributed by atoms with E-state index in [1.165, 1.54) is 4.79 Å². The van der Waals surface area contributed by atoms with E-state index < -0.39 is 0 Å². The molecule has 0 N–H and O–H groups in total. The standard InChI is InChI=1S/C11H11BrN4O2/c12-8-1-2-10-9(7-8)11(17)16(14-13-10)15-3-5-18-6-4-15/h1-2,7H,3-6H2. The minimum atomic E-state index is -0.150. The lowest BCUT2D eigenvalue weighted by Gasteiger charge is -2.27. The summed E-state index contributed by atoms with van der Waals surface area (Å²) in [6.45, 7) is 2.50. The smallest absolute Gasteiger partial charge is 0.297 e. The summed E-state index contributed by atoms with van der Waals surface area (Å²) in [4.78, 5) is 13.7. The number of rotatable bonds is 1. The number of aromatic nitrogens is 3. The Labute approximate surface area is 111 Å². The summed E-state index contributed by atoms with van der Waals surface area (Å²) in [7, 11) is 0. The molecule has 2 aromatic rings. The molecule has 1 aromatic heterocycles. The zero-order valence-corrected chi connectivity index (χ0v) is 11.1. The van der Waals surface area contributed by atoms with Crippen molar-refractivity contribution in [3.05, 3.63) is 33.0 Å². The molecule has 0 bridgehead atoms. The SMILES string of the molecule is O=c1c2cc(Br)ccc2nnn1N1CCOCC1. The molecule has 2 heterocycles. The second-order valence-electron chi connectivity index (χ2n) is 4.01. The number of nitrogens with zero attached hydrogens (tertiary/aromatic N) is 4. The Balaban J connectivity index is 2.13. The predicted molar refractivity (Wildman–Crippen MR) is 70.3 cm³/mol. The summed E-state index contributed by atoms with van der Waals surface area (Å²) >= 11 is 3.36. The molecule has 0 unspecified atom stereocenters. The van der Waals surface area contributed by atoms with Crippen molar-refractivity contribution in [2.75, 3.05) is 31.3 Å². The number of benzene rings is 1. The Bertz CT molecular complexity index is 636. The van der Waals surface area contributed by atoms with Crippen molar-refractivity contribution in [2.24, 2.45) is 0 Å². The van der Waals surface area contributed by atoms with Crippen LogP contribution in [0.25, 0.3) is 10.9 Å². The first-order chi connectivity index (χ1) is 8.75. The largest absolute Gasteiger partial charge is 0.378 e. The Morgan fingerprint density at radius 1 is 1.28 bits per heavy atom. The van der Waals surface area contributed by atoms with Gasteiger partial charge >= 0.3 is 0 Å². The second-order valence-corrected chi connectivity index (χ2v) is 4.93. The maximum atomic E-state index is 12.3. The molecule has 0 saturated carbocycles. The number of morpholine rings is 1. The number of halogens is 1. The third-order valence-corrected chi connectivity index (χ3v) is 3.36. The van der Waals surface area contributed by atoms with Gasteiger partial charge in [-0.15, -0.1) is 9.89 Å². The maximum absolute atomic E-state index is 12.3. The van der Waals surface area contributed by atoms with Crippen LogP contribution in [0, 0.1) is 0 Å². The molecule has 6 nitrogen and oxygen atoms in total. The number of fused-ring (bicyclic) bond motifs is 1. The Morgan fingerprint density at radius 2 is 2.06 bits per heavy atom. The van der Waals surface area contributed by atoms with Crippen LogP contribution in [0.4, 0.5) is 0 Å². The average molecular weight is 311 g/mol. The molecule has 3 rings (SSSR count). The third kappa shape index (κ3) is 1.99. The summed E-state index contributed by atoms with van der Waals surface area (Å²) < 4.78 is 6.11. The van der Waals surface area contributed by atoms with E-state index in [2.05, 4.69) is 26.2 Å². The topological polar surface area (TPSA) is 60.2 Å². The van der Waals surface area contributed by atoms with Crippen LogP contribution in [0.2, 0.25) is 0 Å². The molecule has 18 heavy (non-hydrogen) atoms. The van der Waals surface area contributed by atoms with Gasteiger partial charge in [0.05, 0.1) is 31.7 Å². The molecule has 1 saturated heterocycles. The van der Waals surface area contributed by atoms with Gasteiger partial charge in [0.15, 0.2) is 0 Å². The van der Waals surface area contributed by atoms with Crippen LogP contribution in [-0.2, 0) is 4.74 Å². The molecule has 1 aliphatic rings. The fourth-order valence-electron chi connectivity index (χ4n) is 1.93. The molecule has 0 amide bonds. The van der Waals surface area contributed by atoms with Crippen molar-refractivity contribution in [1.82, 2.24) is 15.1 Å². The molecule has 0 radical (unpaired) electrons. The molecule has 0 spiro atoms. The van der Waals surface area contributed by atoms with E-state index in [1.807, 2.05) is 11.1 Å². The van der Waals surface area contributed by atoms with Crippen molar-refractivity contribution in [3.8, 4) is 0 Å². The van der Waals surface area contributed by atoms with E-state index in [-0.39, 0.29) is 5.56 Å². The number of hydrogen-bond acceptors (Lipinski definition) is 5. The number of hydrogen-bond donors (Lipinski definition) is 0. The zero-order valence-electron chi connectivity index (χ0n) is 9.54. The molecule has 94 valence electrons. The molecule has 0 atom stereocenters. The van der Waals surface area contributed by atoms with Crippen molar-refractivity contribution >= 4 is 26.8 Å². The van der Waals surface area contributed by atoms with E-state index in [1.54, 1.807) is 12.1 Å². The minimum Gasteiger partial charge on any atom is -0.378 e. The lowest BCUT2D eigenvalue weighted by atomic mass is 10.2. The van der Waals surface area contributed by atoms with Crippen molar-refractivity contribution in [3.63, 3.8) is 0 Å². The van der Waals surface area contributed by atoms with Gasteiger partial charge in [-0.2, -0.15) is 0 Å². The predicted octanol–water partition coefficient (Wildman–Crippen LogP) is 0.522. The summed E-state index contributed by atoms with van der Waals surface area (Å²) in [6, 6.07) is 5.39. The van der Waals surface area contributed by atoms with Crippen LogP contribution in [0.1, 0.15) is 0 Å². The molecular formula is C11H11BrN4O2. The Kier molecular flexibility index (Phi) is 3.00. The Morgan fingerprint density at radius 3 is 2.83 bits per heavy atom. The van der Waals surface area contributed by atoms with Crippen molar-refractivity contribution < 1.29 is 4.74 Å². The molecular weight excluding hydrogens is 300 g/mol. The molecule has 0 aliphatic carbocycles. The zero-order chi connectivity index (χ0) is 12.5. The van der Waals surface area contributed by atoms with Gasteiger partial charge in [0, 0.05) is 4.47 Å². The second kappa shape index (κ2) is 4.66. The highest BCUT2D eigenvalue weighted by atomic mass is 79.9. The molecule has 7 heteroatoms. The van der Waals surface area contributed by atoms with Gasteiger partial charge in [-0.1, -0.05) is 15.9 Å². The normalized spacial score (nSPS) is 16.2. The minimum absolute atomic E-state index is 0.150. The van der Waals surface area contributed by atoms with Gasteiger partial charge in [0.25, 0.3) is 5.56 Å². The van der Waals surface area contributed by atoms with Crippen molar-refractivity contribution in [1.29, 1.82) is 0 Å². The van der Waals surface area contributed by atoms with Crippen LogP contribution in [0.3, 0.4) is 0 Å². The monoisotopic (exact) mass is 310 g/mol. The highest BCUT2D eigenvalue weighted by molar-refractivity contribution is 9.10. The fourth-order valence-corrected chi connectivity index (χ4v) is 2.29. The van der Waals surface area contributed by atoms with Gasteiger partial charge < -0.3 is 4.74 Å². The van der Waals surface area contributed by atoms with Gasteiger partial charge in [-0.3, -0.25) is 9.80 Å². The first-order valence-corrected chi connectivity index (χ1v) is 6.43. The quantitative estimate of drug-likeness (QED) is 0.768. The average Bonchev–Trinajstić information content (AvgIpc) is 2.41. The molecule has 1 fully saturated rings. The van der Waals surface area contributed by atoms with E-state index in [9.17, 15) is 4.79 Å². The van der Waals surface area contributed by atoms with E-state index in [4.69, 9.17) is 4.74 Å². The lowest BCUT2D eigenvalue weighted by molar-refractivity contribution is 0.107. The Hall–Kier alpha value is -1.47. The fraction of sp³-hybridized carbons (Fsp3) is 0.364. The molecule has 1 aliphatic heterocycles. The van der Waals surface area contributed by atoms with E-state index in [0.717, 1.165) is 4.47 Å². The van der Waals surface area contributed by atoms with Gasteiger partial charge in [0.2, 0.25) is 0 Å². The van der Waals surface area contributed by atoms with Crippen LogP contribution in [-0.4, -0.2) is 41.4 Å². The van der Waals surface area contributed by atoms with Gasteiger partial charge in [0.1, 0.15) is 5.52 Å². The summed E-state index contributed by atoms with van der Waals surface area (Å²) in [5.74, 6) is 0. The van der Waals surface area contributed by atoms with E-state index in [0.29, 0.717) is 37.2 Å². The van der Waals surface area contributed by atoms with Crippen LogP contribution >= 0.6 is 15.9 Å². The highest BCUT2D eigenvalue weighted by Gasteiger charge is 2.15. The first kappa shape index (κ1) is 11.6. The summed E-state index contributed by atoms with van der Waals surface area (Å²) in [5, 5.41) is 10.4. The van der Waals surface area contributed by atoms with E-state index >= 15 is 0 Å². The van der Waals surface area contributed by atoms with Crippen LogP contribution in [0.15, 0.2) is 27.5 Å². The summed E-state index contributed by atoms with van der Waals surface area (Å²) in [5.41, 5.74) is 0.455. The van der Waals surface area contributed by atoms with Crippen LogP contribution < -0.4 is 10.6 Å². The third-order valence-electron chi connectivity index (χ3n) is 2.86. The first-order valence-electron chi connectivity index (χ1n) is 5.64. The lowest BCUT2D eigenvalue weighted by Crippen LogP contribution is -2.50. The van der Waals surface area contributed by atoms with Crippen LogP contribution in [0.5, 0.6) is 0 Å². The van der Waals surface area contributed by atoms with Crippen molar-refractivity contribution in [2.45, 2.75) is 0 Å². The van der Waals surface area contributed by atoms with Gasteiger partial charge in [-0.25, -0.2) is 0 Å². The maximum Gasteiger partial charge on any atom is 0.297 e. The molecule has 1 aromatic carbocycles. The number of ether oxygens (including phenoxy) is 1. The highest BCUT2D eigenvalue weighted by Crippen LogP contribution is 2.14.